The van der Waals surface area contributed by atoms with Crippen molar-refractivity contribution in [1.29, 1.82) is 0 Å². The van der Waals surface area contributed by atoms with E-state index >= 15 is 0 Å². The van der Waals surface area contributed by atoms with Gasteiger partial charge >= 0.3 is 5.97 Å². The Morgan fingerprint density at radius 1 is 1.27 bits per heavy atom. The van der Waals surface area contributed by atoms with E-state index in [-0.39, 0.29) is 24.7 Å². The molecule has 1 aromatic carbocycles. The van der Waals surface area contributed by atoms with Crippen molar-refractivity contribution in [2.45, 2.75) is 24.8 Å². The van der Waals surface area contributed by atoms with Crippen molar-refractivity contribution in [3.63, 3.8) is 0 Å². The van der Waals surface area contributed by atoms with Crippen LogP contribution in [0.25, 0.3) is 0 Å². The first-order chi connectivity index (χ1) is 10.3. The van der Waals surface area contributed by atoms with Gasteiger partial charge < -0.3 is 9.47 Å². The second kappa shape index (κ2) is 8.67. The summed E-state index contributed by atoms with van der Waals surface area (Å²) in [6.45, 7) is 6.55. The van der Waals surface area contributed by atoms with Gasteiger partial charge in [0, 0.05) is 6.92 Å². The highest BCUT2D eigenvalue weighted by Crippen LogP contribution is 2.14. The number of rotatable bonds is 9. The van der Waals surface area contributed by atoms with Gasteiger partial charge in [0.2, 0.25) is 0 Å². The third-order valence-electron chi connectivity index (χ3n) is 2.59. The molecule has 0 spiro atoms. The minimum Gasteiger partial charge on any atom is -0.458 e. The predicted molar refractivity (Wildman–Crippen MR) is 80.9 cm³/mol. The summed E-state index contributed by atoms with van der Waals surface area (Å²) in [6.07, 6.45) is 0.729. The van der Waals surface area contributed by atoms with Crippen LogP contribution in [0.5, 0.6) is 0 Å². The van der Waals surface area contributed by atoms with Crippen molar-refractivity contribution in [3.8, 4) is 0 Å². The molecule has 6 nitrogen and oxygen atoms in total. The van der Waals surface area contributed by atoms with Gasteiger partial charge in [0.05, 0.1) is 18.1 Å². The van der Waals surface area contributed by atoms with Crippen LogP contribution in [0.1, 0.15) is 12.5 Å². The zero-order valence-corrected chi connectivity index (χ0v) is 13.5. The number of esters is 1. The molecule has 1 rings (SSSR count). The standard InChI is InChI=1S/C15H20O6S/c1-4-9-19-10-14(21-13(3)16)11-20-22(17,18)15-7-5-12(2)6-8-15/h4-8,14H,1,9-11H2,2-3H3/t14-/m0/s1. The lowest BCUT2D eigenvalue weighted by molar-refractivity contribution is -0.151. The highest BCUT2D eigenvalue weighted by molar-refractivity contribution is 7.86. The number of aryl methyl sites for hydroxylation is 1. The van der Waals surface area contributed by atoms with Crippen LogP contribution in [0.15, 0.2) is 41.8 Å². The third kappa shape index (κ3) is 6.38. The van der Waals surface area contributed by atoms with E-state index in [0.29, 0.717) is 0 Å². The molecule has 0 radical (unpaired) electrons. The monoisotopic (exact) mass is 328 g/mol. The van der Waals surface area contributed by atoms with Gasteiger partial charge in [-0.25, -0.2) is 0 Å². The molecule has 22 heavy (non-hydrogen) atoms. The van der Waals surface area contributed by atoms with Crippen molar-refractivity contribution < 1.29 is 26.9 Å². The predicted octanol–water partition coefficient (Wildman–Crippen LogP) is 1.83. The molecule has 0 aliphatic carbocycles. The Morgan fingerprint density at radius 3 is 2.45 bits per heavy atom. The summed E-state index contributed by atoms with van der Waals surface area (Å²) >= 11 is 0. The molecule has 0 bridgehead atoms. The highest BCUT2D eigenvalue weighted by atomic mass is 32.2. The van der Waals surface area contributed by atoms with Gasteiger partial charge in [-0.05, 0) is 19.1 Å². The third-order valence-corrected chi connectivity index (χ3v) is 3.89. The van der Waals surface area contributed by atoms with Crippen LogP contribution in [0.4, 0.5) is 0 Å². The minimum atomic E-state index is -3.91. The molecule has 0 heterocycles. The molecular formula is C15H20O6S. The molecule has 0 aliphatic rings. The van der Waals surface area contributed by atoms with Gasteiger partial charge in [-0.2, -0.15) is 8.42 Å². The quantitative estimate of drug-likeness (QED) is 0.298. The minimum absolute atomic E-state index is 0.0228. The van der Waals surface area contributed by atoms with E-state index in [9.17, 15) is 13.2 Å². The summed E-state index contributed by atoms with van der Waals surface area (Å²) < 4.78 is 39.1. The molecule has 1 atom stereocenters. The van der Waals surface area contributed by atoms with E-state index in [0.717, 1.165) is 5.56 Å². The summed E-state index contributed by atoms with van der Waals surface area (Å²) in [5.74, 6) is -0.538. The highest BCUT2D eigenvalue weighted by Gasteiger charge is 2.20. The smallest absolute Gasteiger partial charge is 0.303 e. The van der Waals surface area contributed by atoms with E-state index in [4.69, 9.17) is 13.7 Å². The average Bonchev–Trinajstić information content (AvgIpc) is 2.45. The maximum absolute atomic E-state index is 12.0. The molecule has 7 heteroatoms. The van der Waals surface area contributed by atoms with Crippen LogP contribution in [0.3, 0.4) is 0 Å². The fraction of sp³-hybridized carbons (Fsp3) is 0.400. The molecule has 0 fully saturated rings. The van der Waals surface area contributed by atoms with Crippen LogP contribution in [-0.2, 0) is 28.6 Å². The van der Waals surface area contributed by atoms with E-state index in [1.165, 1.54) is 25.1 Å². The summed E-state index contributed by atoms with van der Waals surface area (Å²) in [5.41, 5.74) is 0.939. The van der Waals surface area contributed by atoms with Crippen LogP contribution in [-0.4, -0.2) is 40.3 Å². The number of carbonyl (C=O) groups excluding carboxylic acids is 1. The molecule has 1 aromatic rings. The van der Waals surface area contributed by atoms with Crippen LogP contribution in [0, 0.1) is 6.92 Å². The SMILES string of the molecule is C=CCOC[C@@H](COS(=O)(=O)c1ccc(C)cc1)OC(C)=O. The largest absolute Gasteiger partial charge is 0.458 e. The van der Waals surface area contributed by atoms with Gasteiger partial charge in [-0.3, -0.25) is 8.98 Å². The molecule has 0 saturated heterocycles. The molecule has 0 N–H and O–H groups in total. The molecular weight excluding hydrogens is 308 g/mol. The first kappa shape index (κ1) is 18.3. The number of benzene rings is 1. The lowest BCUT2D eigenvalue weighted by Gasteiger charge is -2.16. The molecule has 0 unspecified atom stereocenters. The van der Waals surface area contributed by atoms with Gasteiger partial charge in [0.1, 0.15) is 12.7 Å². The van der Waals surface area contributed by atoms with E-state index in [1.807, 2.05) is 6.92 Å². The van der Waals surface area contributed by atoms with Gasteiger partial charge in [-0.1, -0.05) is 23.8 Å². The first-order valence-electron chi connectivity index (χ1n) is 6.67. The van der Waals surface area contributed by atoms with Gasteiger partial charge in [0.25, 0.3) is 10.1 Å². The number of hydrogen-bond acceptors (Lipinski definition) is 6. The summed E-state index contributed by atoms with van der Waals surface area (Å²) in [6, 6.07) is 6.26. The zero-order chi connectivity index (χ0) is 16.6. The topological polar surface area (TPSA) is 78.9 Å². The maximum Gasteiger partial charge on any atom is 0.303 e. The van der Waals surface area contributed by atoms with Crippen molar-refractivity contribution in [2.75, 3.05) is 19.8 Å². The summed E-state index contributed by atoms with van der Waals surface area (Å²) in [5, 5.41) is 0. The van der Waals surface area contributed by atoms with Crippen molar-refractivity contribution >= 4 is 16.1 Å². The Labute approximate surface area is 130 Å². The fourth-order valence-corrected chi connectivity index (χ4v) is 2.51. The number of carbonyl (C=O) groups is 1. The van der Waals surface area contributed by atoms with Gasteiger partial charge in [0.15, 0.2) is 0 Å². The Hall–Kier alpha value is -1.70. The number of hydrogen-bond donors (Lipinski definition) is 0. The Morgan fingerprint density at radius 2 is 1.91 bits per heavy atom. The van der Waals surface area contributed by atoms with Crippen LogP contribution >= 0.6 is 0 Å². The maximum atomic E-state index is 12.0. The molecule has 0 saturated carbocycles. The second-order valence-corrected chi connectivity index (χ2v) is 6.22. The van der Waals surface area contributed by atoms with E-state index in [1.54, 1.807) is 12.1 Å². The Bertz CT molecular complexity index is 591. The average molecular weight is 328 g/mol. The van der Waals surface area contributed by atoms with Gasteiger partial charge in [-0.15, -0.1) is 6.58 Å². The Balaban J connectivity index is 2.66. The van der Waals surface area contributed by atoms with Crippen molar-refractivity contribution in [1.82, 2.24) is 0 Å². The van der Waals surface area contributed by atoms with Crippen LogP contribution in [0.2, 0.25) is 0 Å². The second-order valence-electron chi connectivity index (χ2n) is 4.61. The van der Waals surface area contributed by atoms with Crippen molar-refractivity contribution in [2.24, 2.45) is 0 Å². The normalized spacial score (nSPS) is 12.6. The Kier molecular flexibility index (Phi) is 7.23. The summed E-state index contributed by atoms with van der Waals surface area (Å²) in [4.78, 5) is 11.1. The lowest BCUT2D eigenvalue weighted by Crippen LogP contribution is -2.29. The number of ether oxygens (including phenoxy) is 2. The molecule has 122 valence electrons. The first-order valence-corrected chi connectivity index (χ1v) is 8.08. The van der Waals surface area contributed by atoms with Crippen LogP contribution < -0.4 is 0 Å². The van der Waals surface area contributed by atoms with E-state index in [2.05, 4.69) is 6.58 Å². The molecule has 0 aliphatic heterocycles. The van der Waals surface area contributed by atoms with Crippen molar-refractivity contribution in [3.05, 3.63) is 42.5 Å². The molecule has 0 aromatic heterocycles. The van der Waals surface area contributed by atoms with E-state index < -0.39 is 22.2 Å². The molecule has 0 amide bonds. The fourth-order valence-electron chi connectivity index (χ4n) is 1.57. The lowest BCUT2D eigenvalue weighted by atomic mass is 10.2. The zero-order valence-electron chi connectivity index (χ0n) is 12.7. The summed E-state index contributed by atoms with van der Waals surface area (Å²) in [7, 11) is -3.91.